The van der Waals surface area contributed by atoms with Gasteiger partial charge in [-0.1, -0.05) is 56.1 Å². The molecule has 222 valence electrons. The number of rotatable bonds is 6. The first kappa shape index (κ1) is 30.2. The second-order valence-electron chi connectivity index (χ2n) is 12.5. The zero-order valence-corrected chi connectivity index (χ0v) is 25.3. The van der Waals surface area contributed by atoms with Crippen molar-refractivity contribution in [1.82, 2.24) is 15.4 Å². The number of carbonyl (C=O) groups excluding carboxylic acids is 2. The highest BCUT2D eigenvalue weighted by molar-refractivity contribution is 7.88. The highest BCUT2D eigenvalue weighted by Crippen LogP contribution is 2.57. The number of halogens is 4. The second kappa shape index (κ2) is 10.4. The molecule has 1 saturated carbocycles. The Morgan fingerprint density at radius 1 is 1.12 bits per heavy atom. The van der Waals surface area contributed by atoms with E-state index in [-0.39, 0.29) is 38.7 Å². The van der Waals surface area contributed by atoms with E-state index in [2.05, 4.69) is 20.7 Å². The molecule has 0 unspecified atom stereocenters. The third-order valence-corrected chi connectivity index (χ3v) is 9.51. The Hall–Kier alpha value is -2.31. The SMILES string of the molecule is CC(C)(C)C[C@H]1N[C@@H](C(=O)N[C@H]2C[C@H](NS(C)(=O)=O)C2)[C@H](c2cccc(Cl)c2F)[C@@]12C(=O)Nc1cc(Cl)c(F)cc12. The maximum absolute atomic E-state index is 15.8. The number of sulfonamides is 1. The van der Waals surface area contributed by atoms with Gasteiger partial charge in [0.2, 0.25) is 21.8 Å². The van der Waals surface area contributed by atoms with E-state index in [0.29, 0.717) is 24.9 Å². The molecule has 41 heavy (non-hydrogen) atoms. The number of hydrogen-bond acceptors (Lipinski definition) is 5. The number of nitrogens with one attached hydrogen (secondary N) is 4. The molecule has 2 aromatic rings. The predicted octanol–water partition coefficient (Wildman–Crippen LogP) is 4.22. The van der Waals surface area contributed by atoms with Crippen LogP contribution in [0, 0.1) is 17.0 Å². The summed E-state index contributed by atoms with van der Waals surface area (Å²) in [6.07, 6.45) is 2.22. The molecular formula is C28H32Cl2F2N4O4S. The van der Waals surface area contributed by atoms with Crippen LogP contribution >= 0.6 is 23.2 Å². The lowest BCUT2D eigenvalue weighted by Gasteiger charge is -2.38. The third kappa shape index (κ3) is 5.47. The van der Waals surface area contributed by atoms with Gasteiger partial charge in [0.05, 0.1) is 22.3 Å². The standard InChI is InChI=1S/C28H32Cl2F2N4O4S/c1-27(2,3)12-21-28(16-10-19(31)18(30)11-20(16)34-26(28)38)22(15-6-5-7-17(29)23(15)32)24(35-21)25(37)33-13-8-14(9-13)36-41(4,39)40/h5-7,10-11,13-14,21-22,24,35-36H,8-9,12H2,1-4H3,(H,33,37)(H,34,38)/t13-,14-,21-,22+,24-,28+/m1/s1. The van der Waals surface area contributed by atoms with Crippen LogP contribution in [0.5, 0.6) is 0 Å². The Bertz CT molecular complexity index is 1530. The largest absolute Gasteiger partial charge is 0.352 e. The molecule has 2 fully saturated rings. The molecule has 2 heterocycles. The lowest BCUT2D eigenvalue weighted by atomic mass is 9.62. The molecule has 4 atom stereocenters. The quantitative estimate of drug-likeness (QED) is 0.382. The van der Waals surface area contributed by atoms with Gasteiger partial charge in [-0.25, -0.2) is 21.9 Å². The van der Waals surface area contributed by atoms with Crippen LogP contribution in [0.3, 0.4) is 0 Å². The van der Waals surface area contributed by atoms with E-state index in [0.717, 1.165) is 6.26 Å². The molecule has 8 nitrogen and oxygen atoms in total. The molecule has 2 amide bonds. The first-order valence-corrected chi connectivity index (χ1v) is 15.9. The van der Waals surface area contributed by atoms with Gasteiger partial charge in [0.15, 0.2) is 0 Å². The van der Waals surface area contributed by atoms with Crippen molar-refractivity contribution in [2.24, 2.45) is 5.41 Å². The Kier molecular flexibility index (Phi) is 7.68. The molecule has 5 rings (SSSR count). The summed E-state index contributed by atoms with van der Waals surface area (Å²) in [5.41, 5.74) is -1.30. The highest BCUT2D eigenvalue weighted by atomic mass is 35.5. The van der Waals surface area contributed by atoms with E-state index in [4.69, 9.17) is 23.2 Å². The van der Waals surface area contributed by atoms with Gasteiger partial charge in [0.1, 0.15) is 17.0 Å². The Labute approximate surface area is 248 Å². The average Bonchev–Trinajstić information content (AvgIpc) is 3.28. The number of hydrogen-bond donors (Lipinski definition) is 4. The van der Waals surface area contributed by atoms with Crippen LogP contribution in [0.1, 0.15) is 57.1 Å². The van der Waals surface area contributed by atoms with Crippen LogP contribution in [-0.4, -0.2) is 50.7 Å². The summed E-state index contributed by atoms with van der Waals surface area (Å²) in [7, 11) is -3.40. The molecule has 3 aliphatic rings. The van der Waals surface area contributed by atoms with Crippen molar-refractivity contribution < 1.29 is 26.8 Å². The van der Waals surface area contributed by atoms with Crippen molar-refractivity contribution in [3.63, 3.8) is 0 Å². The van der Waals surface area contributed by atoms with Gasteiger partial charge in [0.25, 0.3) is 0 Å². The van der Waals surface area contributed by atoms with Crippen molar-refractivity contribution >= 4 is 50.7 Å². The number of carbonyl (C=O) groups is 2. The number of fused-ring (bicyclic) bond motifs is 2. The number of amides is 2. The van der Waals surface area contributed by atoms with Gasteiger partial charge in [-0.3, -0.25) is 9.59 Å². The Morgan fingerprint density at radius 3 is 2.44 bits per heavy atom. The monoisotopic (exact) mass is 628 g/mol. The molecule has 0 radical (unpaired) electrons. The fourth-order valence-corrected chi connectivity index (χ4v) is 7.73. The molecular weight excluding hydrogens is 597 g/mol. The first-order chi connectivity index (χ1) is 19.0. The van der Waals surface area contributed by atoms with Crippen molar-refractivity contribution in [1.29, 1.82) is 0 Å². The maximum atomic E-state index is 15.8. The van der Waals surface area contributed by atoms with E-state index >= 15 is 4.39 Å². The van der Waals surface area contributed by atoms with E-state index in [1.165, 1.54) is 24.3 Å². The molecule has 1 aliphatic carbocycles. The fraction of sp³-hybridized carbons (Fsp3) is 0.500. The molecule has 2 aromatic carbocycles. The van der Waals surface area contributed by atoms with Gasteiger partial charge >= 0.3 is 0 Å². The highest BCUT2D eigenvalue weighted by Gasteiger charge is 2.66. The summed E-state index contributed by atoms with van der Waals surface area (Å²) >= 11 is 12.3. The fourth-order valence-electron chi connectivity index (χ4n) is 6.59. The minimum absolute atomic E-state index is 0.0464. The predicted molar refractivity (Wildman–Crippen MR) is 154 cm³/mol. The number of anilines is 1. The Balaban J connectivity index is 1.62. The maximum Gasteiger partial charge on any atom is 0.238 e. The van der Waals surface area contributed by atoms with Crippen LogP contribution in [0.25, 0.3) is 0 Å². The van der Waals surface area contributed by atoms with Crippen molar-refractivity contribution in [2.75, 3.05) is 11.6 Å². The third-order valence-electron chi connectivity index (χ3n) is 8.17. The second-order valence-corrected chi connectivity index (χ2v) is 15.1. The first-order valence-electron chi connectivity index (χ1n) is 13.3. The molecule has 13 heteroatoms. The zero-order chi connectivity index (χ0) is 30.1. The smallest absolute Gasteiger partial charge is 0.238 e. The molecule has 1 saturated heterocycles. The normalized spacial score (nSPS) is 29.3. The van der Waals surface area contributed by atoms with Crippen molar-refractivity contribution in [3.05, 3.63) is 63.1 Å². The van der Waals surface area contributed by atoms with Crippen LogP contribution in [0.15, 0.2) is 30.3 Å². The molecule has 0 bridgehead atoms. The van der Waals surface area contributed by atoms with Gasteiger partial charge in [-0.05, 0) is 54.0 Å². The molecule has 0 aromatic heterocycles. The van der Waals surface area contributed by atoms with Crippen LogP contribution < -0.4 is 20.7 Å². The molecule has 2 aliphatic heterocycles. The van der Waals surface area contributed by atoms with Crippen molar-refractivity contribution in [2.45, 2.75) is 75.5 Å². The van der Waals surface area contributed by atoms with E-state index in [1.54, 1.807) is 6.07 Å². The minimum Gasteiger partial charge on any atom is -0.352 e. The van der Waals surface area contributed by atoms with Gasteiger partial charge < -0.3 is 16.0 Å². The summed E-state index contributed by atoms with van der Waals surface area (Å²) < 4.78 is 56.5. The summed E-state index contributed by atoms with van der Waals surface area (Å²) in [6, 6.07) is 4.48. The van der Waals surface area contributed by atoms with Gasteiger partial charge in [-0.15, -0.1) is 0 Å². The van der Waals surface area contributed by atoms with E-state index in [9.17, 15) is 22.4 Å². The van der Waals surface area contributed by atoms with Gasteiger partial charge in [-0.2, -0.15) is 0 Å². The molecule has 1 spiro atoms. The van der Waals surface area contributed by atoms with Gasteiger partial charge in [0, 0.05) is 29.7 Å². The number of benzene rings is 2. The summed E-state index contributed by atoms with van der Waals surface area (Å²) in [4.78, 5) is 28.0. The lowest BCUT2D eigenvalue weighted by Crippen LogP contribution is -2.57. The lowest BCUT2D eigenvalue weighted by molar-refractivity contribution is -0.125. The van der Waals surface area contributed by atoms with E-state index in [1.807, 2.05) is 20.8 Å². The van der Waals surface area contributed by atoms with Crippen LogP contribution in [0.2, 0.25) is 10.0 Å². The van der Waals surface area contributed by atoms with Crippen LogP contribution in [0.4, 0.5) is 14.5 Å². The average molecular weight is 630 g/mol. The molecule has 4 N–H and O–H groups in total. The van der Waals surface area contributed by atoms with E-state index < -0.39 is 56.9 Å². The summed E-state index contributed by atoms with van der Waals surface area (Å²) in [6.45, 7) is 5.93. The summed E-state index contributed by atoms with van der Waals surface area (Å²) in [5, 5.41) is 8.73. The minimum atomic E-state index is -3.40. The topological polar surface area (TPSA) is 116 Å². The van der Waals surface area contributed by atoms with Crippen LogP contribution in [-0.2, 0) is 25.0 Å². The zero-order valence-electron chi connectivity index (χ0n) is 22.9. The van der Waals surface area contributed by atoms with Crippen molar-refractivity contribution in [3.8, 4) is 0 Å². The summed E-state index contributed by atoms with van der Waals surface area (Å²) in [5.74, 6) is -3.61. The Morgan fingerprint density at radius 2 is 1.80 bits per heavy atom.